The summed E-state index contributed by atoms with van der Waals surface area (Å²) in [6.07, 6.45) is 13.5. The molecule has 0 atom stereocenters. The Morgan fingerprint density at radius 1 is 0.591 bits per heavy atom. The Kier molecular flexibility index (Phi) is 7.00. The highest BCUT2D eigenvalue weighted by Crippen LogP contribution is 2.01. The summed E-state index contributed by atoms with van der Waals surface area (Å²) in [5, 5.41) is 0. The Morgan fingerprint density at radius 3 is 1.27 bits per heavy atom. The molecule has 0 aromatic carbocycles. The van der Waals surface area contributed by atoms with Crippen LogP contribution in [0.4, 0.5) is 0 Å². The second kappa shape index (κ2) is 9.28. The van der Waals surface area contributed by atoms with Crippen LogP contribution in [0.25, 0.3) is 0 Å². The van der Waals surface area contributed by atoms with E-state index >= 15 is 0 Å². The number of pyridine rings is 2. The Labute approximate surface area is 133 Å². The Balaban J connectivity index is 1.58. The van der Waals surface area contributed by atoms with Gasteiger partial charge in [0.05, 0.1) is 0 Å². The van der Waals surface area contributed by atoms with Gasteiger partial charge in [0, 0.05) is 50.2 Å². The predicted molar refractivity (Wildman–Crippen MR) is 87.5 cm³/mol. The lowest BCUT2D eigenvalue weighted by Crippen LogP contribution is -2.33. The molecule has 0 spiro atoms. The second-order valence-electron chi connectivity index (χ2n) is 5.71. The van der Waals surface area contributed by atoms with Crippen LogP contribution in [0.5, 0.6) is 0 Å². The van der Waals surface area contributed by atoms with E-state index in [4.69, 9.17) is 11.5 Å². The molecule has 0 unspecified atom stereocenters. The third-order valence-corrected chi connectivity index (χ3v) is 3.97. The molecular weight excluding hydrogens is 272 g/mol. The number of unbranched alkanes of at least 4 members (excludes halogenated alkanes) is 3. The molecule has 4 nitrogen and oxygen atoms in total. The Hall–Kier alpha value is -1.78. The quantitative estimate of drug-likeness (QED) is 0.544. The summed E-state index contributed by atoms with van der Waals surface area (Å²) < 4.78 is 4.47. The van der Waals surface area contributed by atoms with Crippen LogP contribution in [0.1, 0.15) is 36.8 Å². The van der Waals surface area contributed by atoms with Gasteiger partial charge in [0.1, 0.15) is 13.1 Å². The van der Waals surface area contributed by atoms with Gasteiger partial charge in [-0.1, -0.05) is 0 Å². The predicted octanol–water partition coefficient (Wildman–Crippen LogP) is 1.44. The zero-order chi connectivity index (χ0) is 15.6. The first kappa shape index (κ1) is 16.6. The third kappa shape index (κ3) is 5.54. The highest BCUT2D eigenvalue weighted by atomic mass is 14.9. The summed E-state index contributed by atoms with van der Waals surface area (Å²) >= 11 is 0. The van der Waals surface area contributed by atoms with Crippen molar-refractivity contribution in [1.29, 1.82) is 0 Å². The highest BCUT2D eigenvalue weighted by molar-refractivity contribution is 5.06. The molecule has 118 valence electrons. The maximum atomic E-state index is 5.60. The first-order valence-corrected chi connectivity index (χ1v) is 8.18. The van der Waals surface area contributed by atoms with E-state index in [9.17, 15) is 0 Å². The van der Waals surface area contributed by atoms with Crippen LogP contribution in [0.2, 0.25) is 0 Å². The normalized spacial score (nSPS) is 10.8. The molecule has 4 N–H and O–H groups in total. The molecule has 2 aromatic rings. The van der Waals surface area contributed by atoms with E-state index in [1.165, 1.54) is 36.8 Å². The average Bonchev–Trinajstić information content (AvgIpc) is 2.59. The number of aromatic nitrogens is 2. The number of rotatable bonds is 9. The van der Waals surface area contributed by atoms with Crippen LogP contribution < -0.4 is 20.6 Å². The molecule has 2 heterocycles. The minimum atomic E-state index is 0.616. The topological polar surface area (TPSA) is 59.8 Å². The van der Waals surface area contributed by atoms with E-state index in [1.54, 1.807) is 0 Å². The van der Waals surface area contributed by atoms with Gasteiger partial charge in [0.15, 0.2) is 24.8 Å². The van der Waals surface area contributed by atoms with E-state index in [-0.39, 0.29) is 0 Å². The van der Waals surface area contributed by atoms with E-state index in [0.29, 0.717) is 13.1 Å². The van der Waals surface area contributed by atoms with Crippen LogP contribution in [0.15, 0.2) is 49.1 Å². The van der Waals surface area contributed by atoms with Crippen LogP contribution in [-0.4, -0.2) is 0 Å². The SMILES string of the molecule is NCc1cc[n+](CCCCCC[n+]2ccc(CN)cc2)cc1. The minimum absolute atomic E-state index is 0.616. The molecule has 0 radical (unpaired) electrons. The lowest BCUT2D eigenvalue weighted by molar-refractivity contribution is -0.698. The van der Waals surface area contributed by atoms with Gasteiger partial charge in [0.25, 0.3) is 0 Å². The third-order valence-electron chi connectivity index (χ3n) is 3.97. The van der Waals surface area contributed by atoms with Crippen molar-refractivity contribution < 1.29 is 9.13 Å². The van der Waals surface area contributed by atoms with Gasteiger partial charge in [-0.25, -0.2) is 9.13 Å². The molecule has 0 bridgehead atoms. The molecule has 0 amide bonds. The number of hydrogen-bond acceptors (Lipinski definition) is 2. The van der Waals surface area contributed by atoms with Crippen molar-refractivity contribution in [2.45, 2.75) is 51.9 Å². The van der Waals surface area contributed by atoms with Crippen LogP contribution in [0, 0.1) is 0 Å². The van der Waals surface area contributed by atoms with Crippen molar-refractivity contribution in [3.63, 3.8) is 0 Å². The summed E-state index contributed by atoms with van der Waals surface area (Å²) in [6.45, 7) is 3.40. The van der Waals surface area contributed by atoms with Crippen molar-refractivity contribution in [1.82, 2.24) is 0 Å². The summed E-state index contributed by atoms with van der Waals surface area (Å²) in [5.41, 5.74) is 13.6. The van der Waals surface area contributed by atoms with Crippen molar-refractivity contribution >= 4 is 0 Å². The van der Waals surface area contributed by atoms with Crippen LogP contribution in [0.3, 0.4) is 0 Å². The van der Waals surface area contributed by atoms with Crippen molar-refractivity contribution in [2.75, 3.05) is 0 Å². The molecule has 0 aliphatic heterocycles. The number of hydrogen-bond donors (Lipinski definition) is 2. The van der Waals surface area contributed by atoms with Crippen molar-refractivity contribution in [3.05, 3.63) is 60.2 Å². The van der Waals surface area contributed by atoms with Gasteiger partial charge < -0.3 is 11.5 Å². The van der Waals surface area contributed by atoms with E-state index < -0.39 is 0 Å². The summed E-state index contributed by atoms with van der Waals surface area (Å²) in [5.74, 6) is 0. The van der Waals surface area contributed by atoms with Gasteiger partial charge in [-0.05, 0) is 24.0 Å². The highest BCUT2D eigenvalue weighted by Gasteiger charge is 2.02. The molecule has 22 heavy (non-hydrogen) atoms. The monoisotopic (exact) mass is 300 g/mol. The smallest absolute Gasteiger partial charge is 0.169 e. The van der Waals surface area contributed by atoms with Gasteiger partial charge in [-0.3, -0.25) is 0 Å². The molecule has 0 saturated heterocycles. The second-order valence-corrected chi connectivity index (χ2v) is 5.71. The standard InChI is InChI=1S/C18H28N4/c19-15-17-5-11-21(12-6-17)9-3-1-2-4-10-22-13-7-18(16-20)8-14-22/h5-8,11-14H,1-4,9-10,15-16,19-20H2/q+2. The zero-order valence-electron chi connectivity index (χ0n) is 13.3. The molecule has 2 aromatic heterocycles. The van der Waals surface area contributed by atoms with E-state index in [2.05, 4.69) is 58.2 Å². The number of aryl methyl sites for hydroxylation is 2. The first-order valence-electron chi connectivity index (χ1n) is 8.18. The van der Waals surface area contributed by atoms with Gasteiger partial charge in [0.2, 0.25) is 0 Å². The van der Waals surface area contributed by atoms with Crippen LogP contribution >= 0.6 is 0 Å². The first-order chi connectivity index (χ1) is 10.8. The number of nitrogens with zero attached hydrogens (tertiary/aromatic N) is 2. The van der Waals surface area contributed by atoms with Gasteiger partial charge in [-0.2, -0.15) is 0 Å². The lowest BCUT2D eigenvalue weighted by Gasteiger charge is -2.00. The van der Waals surface area contributed by atoms with Gasteiger partial charge >= 0.3 is 0 Å². The number of nitrogens with two attached hydrogens (primary N) is 2. The van der Waals surface area contributed by atoms with E-state index in [0.717, 1.165) is 13.1 Å². The molecule has 4 heteroatoms. The van der Waals surface area contributed by atoms with Crippen molar-refractivity contribution in [2.24, 2.45) is 11.5 Å². The summed E-state index contributed by atoms with van der Waals surface area (Å²) in [4.78, 5) is 0. The van der Waals surface area contributed by atoms with Crippen molar-refractivity contribution in [3.8, 4) is 0 Å². The summed E-state index contributed by atoms with van der Waals surface area (Å²) in [7, 11) is 0. The summed E-state index contributed by atoms with van der Waals surface area (Å²) in [6, 6.07) is 8.40. The fourth-order valence-electron chi connectivity index (χ4n) is 2.49. The fraction of sp³-hybridized carbons (Fsp3) is 0.444. The maximum absolute atomic E-state index is 5.60. The molecule has 0 saturated carbocycles. The Morgan fingerprint density at radius 2 is 0.955 bits per heavy atom. The minimum Gasteiger partial charge on any atom is -0.326 e. The average molecular weight is 300 g/mol. The molecule has 0 aliphatic rings. The Bertz CT molecular complexity index is 483. The van der Waals surface area contributed by atoms with Gasteiger partial charge in [-0.15, -0.1) is 0 Å². The molecular formula is C18H28N4+2. The molecule has 0 aliphatic carbocycles. The fourth-order valence-corrected chi connectivity index (χ4v) is 2.49. The van der Waals surface area contributed by atoms with Crippen LogP contribution in [-0.2, 0) is 26.2 Å². The zero-order valence-corrected chi connectivity index (χ0v) is 13.3. The van der Waals surface area contributed by atoms with E-state index in [1.807, 2.05) is 0 Å². The molecule has 2 rings (SSSR count). The maximum Gasteiger partial charge on any atom is 0.169 e. The molecule has 0 fully saturated rings. The largest absolute Gasteiger partial charge is 0.326 e. The lowest BCUT2D eigenvalue weighted by atomic mass is 10.2.